The van der Waals surface area contributed by atoms with Crippen LogP contribution in [0.25, 0.3) is 16.2 Å². The van der Waals surface area contributed by atoms with E-state index < -0.39 is 0 Å². The van der Waals surface area contributed by atoms with Crippen molar-refractivity contribution >= 4 is 16.3 Å². The molecule has 0 unspecified atom stereocenters. The minimum absolute atomic E-state index is 1.05. The molecule has 3 aromatic rings. The van der Waals surface area contributed by atoms with Crippen LogP contribution in [0.3, 0.4) is 0 Å². The summed E-state index contributed by atoms with van der Waals surface area (Å²) in [5.74, 6) is 0. The number of hydrogen-bond donors (Lipinski definition) is 0. The number of hydrogen-bond acceptors (Lipinski definition) is 2. The second kappa shape index (κ2) is 3.76. The molecule has 1 aromatic carbocycles. The van der Waals surface area contributed by atoms with Gasteiger partial charge in [0.05, 0.1) is 5.69 Å². The Bertz CT molecular complexity index is 576. The highest BCUT2D eigenvalue weighted by molar-refractivity contribution is 7.15. The summed E-state index contributed by atoms with van der Waals surface area (Å²) in [7, 11) is 0. The molecule has 16 heavy (non-hydrogen) atoms. The number of benzene rings is 1. The second-order valence-corrected chi connectivity index (χ2v) is 4.64. The van der Waals surface area contributed by atoms with Crippen molar-refractivity contribution in [1.82, 2.24) is 9.38 Å². The molecular formula is C13H12N2S. The average molecular weight is 228 g/mol. The third-order valence-corrected chi connectivity index (χ3v) is 3.52. The van der Waals surface area contributed by atoms with E-state index in [1.165, 1.54) is 11.1 Å². The fourth-order valence-electron chi connectivity index (χ4n) is 1.78. The van der Waals surface area contributed by atoms with Gasteiger partial charge in [-0.25, -0.2) is 4.98 Å². The third-order valence-electron chi connectivity index (χ3n) is 2.75. The van der Waals surface area contributed by atoms with E-state index >= 15 is 0 Å². The molecule has 3 heteroatoms. The molecule has 0 aliphatic rings. The van der Waals surface area contributed by atoms with Crippen LogP contribution in [0.1, 0.15) is 12.5 Å². The van der Waals surface area contributed by atoms with Gasteiger partial charge in [-0.05, 0) is 12.0 Å². The van der Waals surface area contributed by atoms with Crippen molar-refractivity contribution in [1.29, 1.82) is 0 Å². The van der Waals surface area contributed by atoms with Crippen molar-refractivity contribution in [3.63, 3.8) is 0 Å². The van der Waals surface area contributed by atoms with Crippen molar-refractivity contribution in [2.75, 3.05) is 0 Å². The molecule has 0 spiro atoms. The molecule has 2 nitrogen and oxygen atoms in total. The van der Waals surface area contributed by atoms with Crippen molar-refractivity contribution in [2.24, 2.45) is 0 Å². The van der Waals surface area contributed by atoms with Crippen LogP contribution >= 0.6 is 11.3 Å². The summed E-state index contributed by atoms with van der Waals surface area (Å²) >= 11 is 1.66. The van der Waals surface area contributed by atoms with Gasteiger partial charge in [-0.3, -0.25) is 4.40 Å². The topological polar surface area (TPSA) is 17.3 Å². The first-order valence-electron chi connectivity index (χ1n) is 5.38. The van der Waals surface area contributed by atoms with Gasteiger partial charge in [0.25, 0.3) is 0 Å². The zero-order valence-corrected chi connectivity index (χ0v) is 9.87. The van der Waals surface area contributed by atoms with Gasteiger partial charge in [0.1, 0.15) is 0 Å². The summed E-state index contributed by atoms with van der Waals surface area (Å²) in [5.41, 5.74) is 3.60. The first-order chi connectivity index (χ1) is 7.86. The first kappa shape index (κ1) is 9.60. The number of imidazole rings is 1. The van der Waals surface area contributed by atoms with Crippen LogP contribution in [0.2, 0.25) is 0 Å². The molecule has 0 fully saturated rings. The van der Waals surface area contributed by atoms with Crippen LogP contribution in [0.5, 0.6) is 0 Å². The van der Waals surface area contributed by atoms with Crippen LogP contribution in [0.15, 0.2) is 42.0 Å². The zero-order valence-electron chi connectivity index (χ0n) is 9.05. The molecule has 0 N–H and O–H groups in total. The lowest BCUT2D eigenvalue weighted by molar-refractivity contribution is 1.14. The summed E-state index contributed by atoms with van der Waals surface area (Å²) < 4.78 is 2.06. The first-order valence-corrected chi connectivity index (χ1v) is 6.26. The smallest absolute Gasteiger partial charge is 0.194 e. The van der Waals surface area contributed by atoms with Crippen molar-refractivity contribution in [3.05, 3.63) is 47.6 Å². The summed E-state index contributed by atoms with van der Waals surface area (Å²) in [6.07, 6.45) is 5.20. The number of rotatable bonds is 2. The van der Waals surface area contributed by atoms with E-state index in [1.54, 1.807) is 11.3 Å². The fourth-order valence-corrected chi connectivity index (χ4v) is 2.48. The van der Waals surface area contributed by atoms with Gasteiger partial charge in [-0.1, -0.05) is 31.2 Å². The highest BCUT2D eigenvalue weighted by Crippen LogP contribution is 2.21. The van der Waals surface area contributed by atoms with Crippen LogP contribution < -0.4 is 0 Å². The predicted octanol–water partition coefficient (Wildman–Crippen LogP) is 3.63. The van der Waals surface area contributed by atoms with Gasteiger partial charge in [0.2, 0.25) is 0 Å². The maximum atomic E-state index is 4.58. The minimum Gasteiger partial charge on any atom is -0.297 e. The number of thiazole rings is 1. The van der Waals surface area contributed by atoms with E-state index in [1.807, 2.05) is 11.6 Å². The molecule has 2 heterocycles. The Morgan fingerprint density at radius 2 is 2.06 bits per heavy atom. The molecule has 0 atom stereocenters. The maximum Gasteiger partial charge on any atom is 0.194 e. The molecular weight excluding hydrogens is 216 g/mol. The molecule has 2 aromatic heterocycles. The molecule has 0 amide bonds. The summed E-state index contributed by atoms with van der Waals surface area (Å²) in [5, 5.41) is 2.05. The number of aryl methyl sites for hydroxylation is 1. The molecule has 0 aliphatic carbocycles. The Hall–Kier alpha value is -1.61. The zero-order chi connectivity index (χ0) is 11.0. The van der Waals surface area contributed by atoms with Crippen molar-refractivity contribution < 1.29 is 0 Å². The Kier molecular flexibility index (Phi) is 2.26. The van der Waals surface area contributed by atoms with E-state index in [-0.39, 0.29) is 0 Å². The van der Waals surface area contributed by atoms with Crippen molar-refractivity contribution in [2.45, 2.75) is 13.3 Å². The normalized spacial score (nSPS) is 11.1. The minimum atomic E-state index is 1.05. The Morgan fingerprint density at radius 3 is 2.75 bits per heavy atom. The Morgan fingerprint density at radius 1 is 1.25 bits per heavy atom. The van der Waals surface area contributed by atoms with Gasteiger partial charge in [-0.15, -0.1) is 11.3 Å². The van der Waals surface area contributed by atoms with E-state index in [4.69, 9.17) is 0 Å². The largest absolute Gasteiger partial charge is 0.297 e. The lowest BCUT2D eigenvalue weighted by Gasteiger charge is -1.98. The van der Waals surface area contributed by atoms with Crippen molar-refractivity contribution in [3.8, 4) is 11.3 Å². The molecule has 0 saturated carbocycles. The third kappa shape index (κ3) is 1.53. The van der Waals surface area contributed by atoms with Gasteiger partial charge in [0.15, 0.2) is 4.96 Å². The number of nitrogens with zero attached hydrogens (tertiary/aromatic N) is 2. The average Bonchev–Trinajstić information content (AvgIpc) is 2.89. The molecule has 0 aliphatic heterocycles. The lowest BCUT2D eigenvalue weighted by Crippen LogP contribution is -1.81. The Labute approximate surface area is 98.2 Å². The molecule has 0 saturated heterocycles. The highest BCUT2D eigenvalue weighted by Gasteiger charge is 2.04. The van der Waals surface area contributed by atoms with E-state index in [9.17, 15) is 0 Å². The number of aromatic nitrogens is 2. The standard InChI is InChI=1S/C13H12N2S/c1-2-10-3-5-11(6-4-10)12-9-15-7-8-16-13(15)14-12/h3-9H,2H2,1H3. The molecule has 3 rings (SSSR count). The van der Waals surface area contributed by atoms with Crippen LogP contribution in [-0.2, 0) is 6.42 Å². The predicted molar refractivity (Wildman–Crippen MR) is 67.9 cm³/mol. The molecule has 80 valence electrons. The monoisotopic (exact) mass is 228 g/mol. The molecule has 0 bridgehead atoms. The SMILES string of the molecule is CCc1ccc(-c2cn3ccsc3n2)cc1. The van der Waals surface area contributed by atoms with Crippen LogP contribution in [0.4, 0.5) is 0 Å². The maximum absolute atomic E-state index is 4.58. The van der Waals surface area contributed by atoms with Gasteiger partial charge < -0.3 is 0 Å². The summed E-state index contributed by atoms with van der Waals surface area (Å²) in [4.78, 5) is 5.63. The van der Waals surface area contributed by atoms with Gasteiger partial charge >= 0.3 is 0 Å². The highest BCUT2D eigenvalue weighted by atomic mass is 32.1. The fraction of sp³-hybridized carbons (Fsp3) is 0.154. The van der Waals surface area contributed by atoms with Gasteiger partial charge in [-0.2, -0.15) is 0 Å². The van der Waals surface area contributed by atoms with Crippen LogP contribution in [-0.4, -0.2) is 9.38 Å². The number of fused-ring (bicyclic) bond motifs is 1. The summed E-state index contributed by atoms with van der Waals surface area (Å²) in [6.45, 7) is 2.17. The van der Waals surface area contributed by atoms with E-state index in [0.29, 0.717) is 0 Å². The van der Waals surface area contributed by atoms with E-state index in [2.05, 4.69) is 46.8 Å². The summed E-state index contributed by atoms with van der Waals surface area (Å²) in [6, 6.07) is 8.63. The molecule has 0 radical (unpaired) electrons. The van der Waals surface area contributed by atoms with E-state index in [0.717, 1.165) is 17.1 Å². The second-order valence-electron chi connectivity index (χ2n) is 3.77. The lowest BCUT2D eigenvalue weighted by atomic mass is 10.1. The quantitative estimate of drug-likeness (QED) is 0.654. The Balaban J connectivity index is 2.05. The van der Waals surface area contributed by atoms with Crippen LogP contribution in [0, 0.1) is 0 Å². The van der Waals surface area contributed by atoms with Gasteiger partial charge in [0, 0.05) is 23.3 Å².